The lowest BCUT2D eigenvalue weighted by Gasteiger charge is -2.14. The number of aromatic nitrogens is 1. The Balaban J connectivity index is 2.38. The van der Waals surface area contributed by atoms with Crippen LogP contribution in [0.5, 0.6) is 0 Å². The fourth-order valence-corrected chi connectivity index (χ4v) is 1.68. The van der Waals surface area contributed by atoms with E-state index < -0.39 is 24.9 Å². The Morgan fingerprint density at radius 3 is 2.68 bits per heavy atom. The van der Waals surface area contributed by atoms with Gasteiger partial charge in [0.2, 0.25) is 5.91 Å². The van der Waals surface area contributed by atoms with Crippen LogP contribution in [-0.2, 0) is 11.2 Å². The van der Waals surface area contributed by atoms with Gasteiger partial charge in [-0.1, -0.05) is 6.07 Å². The lowest BCUT2D eigenvalue weighted by atomic mass is 10.1. The Morgan fingerprint density at radius 2 is 2.11 bits per heavy atom. The van der Waals surface area contributed by atoms with Crippen molar-refractivity contribution in [2.24, 2.45) is 0 Å². The number of alkyl halides is 3. The van der Waals surface area contributed by atoms with Gasteiger partial charge in [0.1, 0.15) is 0 Å². The monoisotopic (exact) mass is 274 g/mol. The molecule has 6 heteroatoms. The molecular weight excluding hydrogens is 257 g/mol. The molecule has 0 saturated heterocycles. The second kappa shape index (κ2) is 6.54. The molecule has 0 radical (unpaired) electrons. The quantitative estimate of drug-likeness (QED) is 0.897. The molecule has 1 rings (SSSR count). The summed E-state index contributed by atoms with van der Waals surface area (Å²) in [6, 6.07) is 5.30. The third-order valence-electron chi connectivity index (χ3n) is 2.50. The van der Waals surface area contributed by atoms with E-state index in [9.17, 15) is 18.0 Å². The van der Waals surface area contributed by atoms with Gasteiger partial charge in [0.25, 0.3) is 0 Å². The van der Waals surface area contributed by atoms with Gasteiger partial charge in [0.15, 0.2) is 0 Å². The topological polar surface area (TPSA) is 42.0 Å². The van der Waals surface area contributed by atoms with Crippen LogP contribution in [0.15, 0.2) is 18.2 Å². The molecule has 0 saturated carbocycles. The molecule has 0 bridgehead atoms. The highest BCUT2D eigenvalue weighted by Gasteiger charge is 2.28. The molecule has 0 aliphatic rings. The van der Waals surface area contributed by atoms with E-state index in [0.717, 1.165) is 11.4 Å². The number of aryl methyl sites for hydroxylation is 1. The third kappa shape index (κ3) is 6.79. The van der Waals surface area contributed by atoms with E-state index >= 15 is 0 Å². The molecular formula is C13H17F3N2O. The number of rotatable bonds is 5. The number of nitrogens with zero attached hydrogens (tertiary/aromatic N) is 1. The van der Waals surface area contributed by atoms with E-state index in [1.54, 1.807) is 6.92 Å². The molecule has 1 atom stereocenters. The van der Waals surface area contributed by atoms with E-state index in [0.29, 0.717) is 6.42 Å². The molecule has 0 fully saturated rings. The summed E-state index contributed by atoms with van der Waals surface area (Å²) < 4.78 is 35.9. The van der Waals surface area contributed by atoms with Crippen molar-refractivity contribution in [3.63, 3.8) is 0 Å². The normalized spacial score (nSPS) is 13.1. The van der Waals surface area contributed by atoms with E-state index in [-0.39, 0.29) is 6.04 Å². The fraction of sp³-hybridized carbons (Fsp3) is 0.538. The van der Waals surface area contributed by atoms with E-state index in [1.165, 1.54) is 0 Å². The van der Waals surface area contributed by atoms with Crippen molar-refractivity contribution in [1.82, 2.24) is 10.3 Å². The van der Waals surface area contributed by atoms with Gasteiger partial charge in [-0.3, -0.25) is 9.78 Å². The molecule has 1 N–H and O–H groups in total. The number of carbonyl (C=O) groups is 1. The van der Waals surface area contributed by atoms with Crippen molar-refractivity contribution in [3.8, 4) is 0 Å². The second-order valence-corrected chi connectivity index (χ2v) is 4.56. The molecule has 1 aromatic rings. The predicted octanol–water partition coefficient (Wildman–Crippen LogP) is 2.78. The summed E-state index contributed by atoms with van der Waals surface area (Å²) in [5.74, 6) is -0.586. The highest BCUT2D eigenvalue weighted by molar-refractivity contribution is 5.76. The number of hydrogen-bond acceptors (Lipinski definition) is 2. The average Bonchev–Trinajstić information content (AvgIpc) is 2.25. The number of nitrogens with one attached hydrogen (secondary N) is 1. The molecule has 0 aliphatic heterocycles. The van der Waals surface area contributed by atoms with Crippen LogP contribution in [0.4, 0.5) is 13.2 Å². The third-order valence-corrected chi connectivity index (χ3v) is 2.50. The zero-order chi connectivity index (χ0) is 14.5. The number of carbonyl (C=O) groups excluding carboxylic acids is 1. The van der Waals surface area contributed by atoms with Crippen LogP contribution in [0.2, 0.25) is 0 Å². The van der Waals surface area contributed by atoms with Crippen molar-refractivity contribution in [2.75, 3.05) is 0 Å². The Hall–Kier alpha value is -1.59. The van der Waals surface area contributed by atoms with Crippen LogP contribution < -0.4 is 5.32 Å². The summed E-state index contributed by atoms with van der Waals surface area (Å²) in [5.41, 5.74) is 1.68. The van der Waals surface area contributed by atoms with Gasteiger partial charge >= 0.3 is 6.18 Å². The summed E-state index contributed by atoms with van der Waals surface area (Å²) in [6.45, 7) is 3.60. The van der Waals surface area contributed by atoms with Gasteiger partial charge in [0, 0.05) is 30.3 Å². The van der Waals surface area contributed by atoms with Crippen molar-refractivity contribution in [1.29, 1.82) is 0 Å². The smallest absolute Gasteiger partial charge is 0.353 e. The minimum atomic E-state index is -4.29. The first kappa shape index (κ1) is 15.5. The Morgan fingerprint density at radius 1 is 1.42 bits per heavy atom. The molecule has 19 heavy (non-hydrogen) atoms. The van der Waals surface area contributed by atoms with E-state index in [2.05, 4.69) is 10.3 Å². The number of pyridine rings is 1. The summed E-state index contributed by atoms with van der Waals surface area (Å²) in [5, 5.41) is 2.54. The van der Waals surface area contributed by atoms with Crippen LogP contribution in [0.1, 0.15) is 31.2 Å². The predicted molar refractivity (Wildman–Crippen MR) is 65.6 cm³/mol. The van der Waals surface area contributed by atoms with Gasteiger partial charge in [0.05, 0.1) is 6.42 Å². The molecule has 106 valence electrons. The first-order valence-electron chi connectivity index (χ1n) is 6.05. The van der Waals surface area contributed by atoms with Crippen LogP contribution >= 0.6 is 0 Å². The Kier molecular flexibility index (Phi) is 5.32. The Labute approximate surface area is 110 Å². The highest BCUT2D eigenvalue weighted by atomic mass is 19.4. The lowest BCUT2D eigenvalue weighted by Crippen LogP contribution is -2.34. The molecule has 1 amide bonds. The molecule has 0 aromatic carbocycles. The van der Waals surface area contributed by atoms with Crippen molar-refractivity contribution in [2.45, 2.75) is 45.3 Å². The molecule has 1 unspecified atom stereocenters. The maximum atomic E-state index is 12.0. The molecule has 3 nitrogen and oxygen atoms in total. The van der Waals surface area contributed by atoms with Crippen molar-refractivity contribution in [3.05, 3.63) is 29.6 Å². The van der Waals surface area contributed by atoms with E-state index in [4.69, 9.17) is 0 Å². The summed E-state index contributed by atoms with van der Waals surface area (Å²) in [7, 11) is 0. The minimum Gasteiger partial charge on any atom is -0.353 e. The summed E-state index contributed by atoms with van der Waals surface area (Å²) in [4.78, 5) is 15.6. The molecule has 0 spiro atoms. The largest absolute Gasteiger partial charge is 0.389 e. The van der Waals surface area contributed by atoms with Gasteiger partial charge in [-0.25, -0.2) is 0 Å². The van der Waals surface area contributed by atoms with E-state index in [1.807, 2.05) is 25.1 Å². The molecule has 1 heterocycles. The zero-order valence-corrected chi connectivity index (χ0v) is 10.9. The molecule has 1 aromatic heterocycles. The van der Waals surface area contributed by atoms with Gasteiger partial charge in [-0.2, -0.15) is 13.2 Å². The maximum absolute atomic E-state index is 12.0. The van der Waals surface area contributed by atoms with Crippen LogP contribution in [0, 0.1) is 6.92 Å². The first-order valence-corrected chi connectivity index (χ1v) is 6.05. The average molecular weight is 274 g/mol. The highest BCUT2D eigenvalue weighted by Crippen LogP contribution is 2.21. The number of hydrogen-bond donors (Lipinski definition) is 1. The standard InChI is InChI=1S/C13H17F3N2O/c1-9-4-3-5-11(17-9)8-10(2)18-12(19)6-7-13(14,15)16/h3-5,10H,6-8H2,1-2H3,(H,18,19). The fourth-order valence-electron chi connectivity index (χ4n) is 1.68. The SMILES string of the molecule is Cc1cccc(CC(C)NC(=O)CCC(F)(F)F)n1. The first-order chi connectivity index (χ1) is 8.76. The summed E-state index contributed by atoms with van der Waals surface area (Å²) >= 11 is 0. The summed E-state index contributed by atoms with van der Waals surface area (Å²) in [6.07, 6.45) is -5.42. The van der Waals surface area contributed by atoms with Gasteiger partial charge < -0.3 is 5.32 Å². The van der Waals surface area contributed by atoms with Gasteiger partial charge in [-0.15, -0.1) is 0 Å². The Bertz CT molecular complexity index is 432. The number of halogens is 3. The van der Waals surface area contributed by atoms with Crippen LogP contribution in [0.3, 0.4) is 0 Å². The lowest BCUT2D eigenvalue weighted by molar-refractivity contribution is -0.144. The molecule has 0 aliphatic carbocycles. The minimum absolute atomic E-state index is 0.241. The van der Waals surface area contributed by atoms with Gasteiger partial charge in [-0.05, 0) is 26.0 Å². The number of amides is 1. The van der Waals surface area contributed by atoms with Crippen molar-refractivity contribution < 1.29 is 18.0 Å². The zero-order valence-electron chi connectivity index (χ0n) is 10.9. The van der Waals surface area contributed by atoms with Crippen LogP contribution in [-0.4, -0.2) is 23.1 Å². The van der Waals surface area contributed by atoms with Crippen molar-refractivity contribution >= 4 is 5.91 Å². The second-order valence-electron chi connectivity index (χ2n) is 4.56. The van der Waals surface area contributed by atoms with Crippen LogP contribution in [0.25, 0.3) is 0 Å². The maximum Gasteiger partial charge on any atom is 0.389 e.